The molecule has 0 aliphatic carbocycles. The fourth-order valence-electron chi connectivity index (χ4n) is 3.98. The largest absolute Gasteiger partial charge is 0.416 e. The minimum Gasteiger partial charge on any atom is -0.375 e. The fourth-order valence-corrected chi connectivity index (χ4v) is 4.03. The molecule has 0 unspecified atom stereocenters. The first-order chi connectivity index (χ1) is 15.5. The fraction of sp³-hybridized carbons (Fsp3) is 0.364. The van der Waals surface area contributed by atoms with Gasteiger partial charge in [0.05, 0.1) is 17.5 Å². The van der Waals surface area contributed by atoms with E-state index in [1.165, 1.54) is 6.07 Å². The standard InChI is InChI=1S/C22H24F5N5S/c1-13-10-31(20-8-18(23)16(7-19(20)24)9-29-30-21(28)33)11-14(2)32(13)12-15-4-3-5-17(6-15)22(25,26)27/h3-9,13-14H,10-12H2,1-2H3,(H3,28,30,33)/t13-,14+. The molecule has 178 valence electrons. The second-order valence-electron chi connectivity index (χ2n) is 8.03. The van der Waals surface area contributed by atoms with Crippen LogP contribution in [0.5, 0.6) is 0 Å². The number of rotatable bonds is 5. The van der Waals surface area contributed by atoms with E-state index in [-0.39, 0.29) is 28.4 Å². The Kier molecular flexibility index (Phi) is 7.53. The molecule has 1 fully saturated rings. The van der Waals surface area contributed by atoms with E-state index in [1.54, 1.807) is 11.0 Å². The zero-order chi connectivity index (χ0) is 24.3. The molecule has 3 rings (SSSR count). The molecule has 0 amide bonds. The summed E-state index contributed by atoms with van der Waals surface area (Å²) in [6, 6.07) is 7.17. The number of hydrogen-bond donors (Lipinski definition) is 2. The Morgan fingerprint density at radius 3 is 2.42 bits per heavy atom. The summed E-state index contributed by atoms with van der Waals surface area (Å²) < 4.78 is 68.4. The van der Waals surface area contributed by atoms with Crippen LogP contribution in [-0.4, -0.2) is 41.4 Å². The van der Waals surface area contributed by atoms with Crippen molar-refractivity contribution in [1.82, 2.24) is 10.3 Å². The van der Waals surface area contributed by atoms with Crippen molar-refractivity contribution in [3.05, 3.63) is 64.7 Å². The molecular formula is C22H24F5N5S. The average Bonchev–Trinajstić information content (AvgIpc) is 2.72. The van der Waals surface area contributed by atoms with E-state index < -0.39 is 23.4 Å². The van der Waals surface area contributed by atoms with E-state index in [0.717, 1.165) is 30.5 Å². The van der Waals surface area contributed by atoms with Crippen molar-refractivity contribution in [3.8, 4) is 0 Å². The Hall–Kier alpha value is -2.79. The number of piperazine rings is 1. The highest BCUT2D eigenvalue weighted by molar-refractivity contribution is 7.80. The number of nitrogens with two attached hydrogens (primary N) is 1. The number of halogens is 5. The summed E-state index contributed by atoms with van der Waals surface area (Å²) in [5.41, 5.74) is 7.42. The molecule has 5 nitrogen and oxygen atoms in total. The highest BCUT2D eigenvalue weighted by Crippen LogP contribution is 2.31. The Morgan fingerprint density at radius 1 is 1.15 bits per heavy atom. The normalized spacial score (nSPS) is 19.8. The number of benzene rings is 2. The van der Waals surface area contributed by atoms with Crippen molar-refractivity contribution >= 4 is 29.2 Å². The van der Waals surface area contributed by atoms with E-state index in [9.17, 15) is 22.0 Å². The van der Waals surface area contributed by atoms with Gasteiger partial charge in [-0.15, -0.1) is 0 Å². The predicted octanol–water partition coefficient (Wildman–Crippen LogP) is 4.25. The number of hydrazone groups is 1. The van der Waals surface area contributed by atoms with Crippen molar-refractivity contribution in [2.24, 2.45) is 10.8 Å². The molecule has 0 aromatic heterocycles. The lowest BCUT2D eigenvalue weighted by molar-refractivity contribution is -0.137. The Labute approximate surface area is 194 Å². The maximum Gasteiger partial charge on any atom is 0.416 e. The number of nitrogens with zero attached hydrogens (tertiary/aromatic N) is 3. The predicted molar refractivity (Wildman–Crippen MR) is 122 cm³/mol. The van der Waals surface area contributed by atoms with Crippen molar-refractivity contribution in [2.75, 3.05) is 18.0 Å². The Morgan fingerprint density at radius 2 is 1.82 bits per heavy atom. The van der Waals surface area contributed by atoms with Crippen LogP contribution >= 0.6 is 12.2 Å². The van der Waals surface area contributed by atoms with E-state index in [4.69, 9.17) is 5.73 Å². The van der Waals surface area contributed by atoms with Crippen LogP contribution in [0, 0.1) is 11.6 Å². The van der Waals surface area contributed by atoms with Gasteiger partial charge in [-0.25, -0.2) is 8.78 Å². The van der Waals surface area contributed by atoms with Gasteiger partial charge in [0.2, 0.25) is 0 Å². The molecule has 1 aliphatic rings. The monoisotopic (exact) mass is 485 g/mol. The number of thiocarbonyl (C=S) groups is 1. The number of alkyl halides is 3. The molecular weight excluding hydrogens is 461 g/mol. The van der Waals surface area contributed by atoms with Crippen molar-refractivity contribution in [1.29, 1.82) is 0 Å². The SMILES string of the molecule is C[C@@H]1CN(c2cc(F)c(C=NNC(N)=S)cc2F)C[C@H](C)N1Cc1cccc(C(F)(F)F)c1. The van der Waals surface area contributed by atoms with Gasteiger partial charge in [0.15, 0.2) is 5.11 Å². The molecule has 0 saturated carbocycles. The summed E-state index contributed by atoms with van der Waals surface area (Å²) in [7, 11) is 0. The second kappa shape index (κ2) is 10.0. The third-order valence-electron chi connectivity index (χ3n) is 5.51. The van der Waals surface area contributed by atoms with Crippen LogP contribution in [0.4, 0.5) is 27.6 Å². The zero-order valence-electron chi connectivity index (χ0n) is 18.0. The van der Waals surface area contributed by atoms with E-state index >= 15 is 0 Å². The summed E-state index contributed by atoms with van der Waals surface area (Å²) in [5.74, 6) is -1.27. The molecule has 0 bridgehead atoms. The van der Waals surface area contributed by atoms with Crippen molar-refractivity contribution in [2.45, 2.75) is 38.7 Å². The maximum absolute atomic E-state index is 14.8. The maximum atomic E-state index is 14.8. The molecule has 33 heavy (non-hydrogen) atoms. The molecule has 1 aliphatic heterocycles. The van der Waals surface area contributed by atoms with Gasteiger partial charge in [0.1, 0.15) is 11.6 Å². The molecule has 2 aromatic rings. The minimum absolute atomic E-state index is 0.0655. The molecule has 2 aromatic carbocycles. The topological polar surface area (TPSA) is 56.9 Å². The van der Waals surface area contributed by atoms with E-state index in [1.807, 2.05) is 13.8 Å². The Bertz CT molecular complexity index is 1030. The molecule has 1 saturated heterocycles. The lowest BCUT2D eigenvalue weighted by atomic mass is 10.0. The Balaban J connectivity index is 1.74. The van der Waals surface area contributed by atoms with Crippen LogP contribution in [0.1, 0.15) is 30.5 Å². The van der Waals surface area contributed by atoms with Crippen molar-refractivity contribution in [3.63, 3.8) is 0 Å². The van der Waals surface area contributed by atoms with Gasteiger partial charge in [0.25, 0.3) is 0 Å². The second-order valence-corrected chi connectivity index (χ2v) is 8.47. The van der Waals surface area contributed by atoms with Crippen LogP contribution in [0.15, 0.2) is 41.5 Å². The molecule has 0 radical (unpaired) electrons. The highest BCUT2D eigenvalue weighted by Gasteiger charge is 2.33. The number of hydrogen-bond acceptors (Lipinski definition) is 4. The summed E-state index contributed by atoms with van der Waals surface area (Å²) >= 11 is 4.60. The van der Waals surface area contributed by atoms with Gasteiger partial charge in [-0.05, 0) is 43.8 Å². The summed E-state index contributed by atoms with van der Waals surface area (Å²) in [4.78, 5) is 3.80. The van der Waals surface area contributed by atoms with Gasteiger partial charge in [-0.2, -0.15) is 18.3 Å². The molecule has 1 heterocycles. The van der Waals surface area contributed by atoms with Crippen LogP contribution in [0.2, 0.25) is 0 Å². The van der Waals surface area contributed by atoms with Gasteiger partial charge < -0.3 is 10.6 Å². The molecule has 3 N–H and O–H groups in total. The van der Waals surface area contributed by atoms with Crippen LogP contribution < -0.4 is 16.1 Å². The van der Waals surface area contributed by atoms with E-state index in [0.29, 0.717) is 25.2 Å². The first kappa shape index (κ1) is 24.8. The molecule has 0 spiro atoms. The molecule has 11 heteroatoms. The van der Waals surface area contributed by atoms with Crippen LogP contribution in [-0.2, 0) is 12.7 Å². The van der Waals surface area contributed by atoms with Gasteiger partial charge in [-0.1, -0.05) is 18.2 Å². The minimum atomic E-state index is -4.41. The highest BCUT2D eigenvalue weighted by atomic mass is 32.1. The smallest absolute Gasteiger partial charge is 0.375 e. The van der Waals surface area contributed by atoms with Crippen LogP contribution in [0.3, 0.4) is 0 Å². The third kappa shape index (κ3) is 6.17. The zero-order valence-corrected chi connectivity index (χ0v) is 18.9. The van der Waals surface area contributed by atoms with E-state index in [2.05, 4.69) is 27.6 Å². The lowest BCUT2D eigenvalue weighted by Crippen LogP contribution is -2.56. The van der Waals surface area contributed by atoms with Gasteiger partial charge >= 0.3 is 6.18 Å². The summed E-state index contributed by atoms with van der Waals surface area (Å²) in [6.45, 7) is 4.91. The first-order valence-electron chi connectivity index (χ1n) is 10.2. The van der Waals surface area contributed by atoms with Gasteiger partial charge in [0, 0.05) is 43.3 Å². The van der Waals surface area contributed by atoms with Gasteiger partial charge in [-0.3, -0.25) is 10.3 Å². The lowest BCUT2D eigenvalue weighted by Gasteiger charge is -2.45. The quantitative estimate of drug-likeness (QED) is 0.287. The summed E-state index contributed by atoms with van der Waals surface area (Å²) in [6.07, 6.45) is -3.32. The third-order valence-corrected chi connectivity index (χ3v) is 5.60. The van der Waals surface area contributed by atoms with Crippen molar-refractivity contribution < 1.29 is 22.0 Å². The van der Waals surface area contributed by atoms with Crippen LogP contribution in [0.25, 0.3) is 0 Å². The first-order valence-corrected chi connectivity index (χ1v) is 10.6. The number of anilines is 1. The summed E-state index contributed by atoms with van der Waals surface area (Å²) in [5, 5.41) is 3.54. The number of nitrogens with one attached hydrogen (secondary N) is 1. The average molecular weight is 486 g/mol. The molecule has 2 atom stereocenters.